The summed E-state index contributed by atoms with van der Waals surface area (Å²) in [4.78, 5) is 0. The first-order valence-corrected chi connectivity index (χ1v) is 30.9. The van der Waals surface area contributed by atoms with Crippen LogP contribution in [0.5, 0.6) is 0 Å². The Bertz CT molecular complexity index is 4320. The molecule has 2 aliphatic rings. The van der Waals surface area contributed by atoms with Crippen molar-refractivity contribution in [1.29, 1.82) is 0 Å². The van der Waals surface area contributed by atoms with Crippen molar-refractivity contribution < 1.29 is 4.42 Å². The van der Waals surface area contributed by atoms with Gasteiger partial charge in [0.05, 0.1) is 11.8 Å². The van der Waals surface area contributed by atoms with Crippen LogP contribution in [0.1, 0.15) is 127 Å². The standard InChI is InChI=1S/3C15H15N.C12H14O.2C11H14/c1-3-16-14-10-5-4-8-12(14)13-9-6-7-11(2)15(13)16;1-3-16-14-7-5-4-6-12(14)13-10-11(2)8-9-15(13)16;1-3-16-14-7-5-4-6-12(14)13-9-8-11(2)10-15(13)16;1-8(2)11-6-9(3)12-10(7-11)4-5-13-12;1-9-5-4-7-10-6-2-3-8-11(9)10;1-9-6-7-10-4-2-3-5-11(10)8-9/h3*4-10H,3H2,1-2H3;4-8H,1-3H3;4-5,7H,2-3,6,8H2,1H3;6-8H,2-5H2,1H3. The van der Waals surface area contributed by atoms with Crippen LogP contribution in [0.3, 0.4) is 0 Å². The van der Waals surface area contributed by atoms with Crippen molar-refractivity contribution in [2.75, 3.05) is 0 Å². The van der Waals surface area contributed by atoms with Gasteiger partial charge in [0.2, 0.25) is 0 Å². The Morgan fingerprint density at radius 2 is 0.880 bits per heavy atom. The van der Waals surface area contributed by atoms with Crippen LogP contribution in [-0.2, 0) is 45.3 Å². The lowest BCUT2D eigenvalue weighted by atomic mass is 9.89. The molecule has 0 saturated carbocycles. The second-order valence-corrected chi connectivity index (χ2v) is 23.5. The maximum atomic E-state index is 5.38. The summed E-state index contributed by atoms with van der Waals surface area (Å²) in [5, 5.41) is 9.41. The number of furan rings is 1. The van der Waals surface area contributed by atoms with Gasteiger partial charge in [0.15, 0.2) is 0 Å². The molecule has 15 rings (SSSR count). The van der Waals surface area contributed by atoms with Crippen LogP contribution in [0.25, 0.3) is 76.4 Å². The van der Waals surface area contributed by atoms with Crippen LogP contribution in [0.2, 0.25) is 0 Å². The normalized spacial score (nSPS) is 12.6. The van der Waals surface area contributed by atoms with E-state index < -0.39 is 0 Å². The van der Waals surface area contributed by atoms with Crippen molar-refractivity contribution in [2.45, 2.75) is 153 Å². The van der Waals surface area contributed by atoms with Gasteiger partial charge in [-0.25, -0.2) is 0 Å². The highest BCUT2D eigenvalue weighted by molar-refractivity contribution is 6.10. The third-order valence-corrected chi connectivity index (χ3v) is 17.4. The van der Waals surface area contributed by atoms with Crippen LogP contribution < -0.4 is 0 Å². The predicted molar refractivity (Wildman–Crippen MR) is 360 cm³/mol. The number of rotatable bonds is 4. The smallest absolute Gasteiger partial charge is 0.136 e. The van der Waals surface area contributed by atoms with Crippen LogP contribution in [0, 0.1) is 41.5 Å². The fraction of sp³-hybridized carbons (Fsp3) is 0.291. The number of aromatic nitrogens is 3. The van der Waals surface area contributed by atoms with E-state index in [4.69, 9.17) is 4.42 Å². The van der Waals surface area contributed by atoms with Gasteiger partial charge in [0.1, 0.15) is 5.58 Å². The molecule has 9 aromatic carbocycles. The summed E-state index contributed by atoms with van der Waals surface area (Å²) in [5.41, 5.74) is 25.0. The highest BCUT2D eigenvalue weighted by Gasteiger charge is 2.14. The molecule has 0 atom stereocenters. The molecule has 4 heterocycles. The van der Waals surface area contributed by atoms with Crippen molar-refractivity contribution in [3.8, 4) is 0 Å². The molecule has 0 bridgehead atoms. The third-order valence-electron chi connectivity index (χ3n) is 17.4. The molecule has 0 fully saturated rings. The van der Waals surface area contributed by atoms with E-state index in [1.807, 2.05) is 6.07 Å². The molecule has 13 aromatic rings. The minimum absolute atomic E-state index is 0.581. The van der Waals surface area contributed by atoms with Gasteiger partial charge in [0, 0.05) is 84.9 Å². The Kier molecular flexibility index (Phi) is 18.5. The van der Waals surface area contributed by atoms with Gasteiger partial charge >= 0.3 is 0 Å². The number of hydrogen-bond acceptors (Lipinski definition) is 1. The van der Waals surface area contributed by atoms with Gasteiger partial charge in [-0.3, -0.25) is 0 Å². The zero-order valence-corrected chi connectivity index (χ0v) is 51.5. The van der Waals surface area contributed by atoms with E-state index in [0.29, 0.717) is 5.92 Å². The molecule has 4 aromatic heterocycles. The average Bonchev–Trinajstić information content (AvgIpc) is 3.38. The topological polar surface area (TPSA) is 27.9 Å². The fourth-order valence-corrected chi connectivity index (χ4v) is 13.1. The number of para-hydroxylation sites is 4. The molecule has 0 amide bonds. The Labute approximate surface area is 494 Å². The number of aryl methyl sites for hydroxylation is 12. The van der Waals surface area contributed by atoms with Gasteiger partial charge in [-0.2, -0.15) is 0 Å². The molecular weight excluding hydrogens is 1010 g/mol. The predicted octanol–water partition coefficient (Wildman–Crippen LogP) is 22.0. The first-order chi connectivity index (χ1) is 40.4. The van der Waals surface area contributed by atoms with Crippen molar-refractivity contribution in [3.05, 3.63) is 249 Å². The molecule has 0 spiro atoms. The Morgan fingerprint density at radius 1 is 0.373 bits per heavy atom. The number of nitrogens with zero attached hydrogens (tertiary/aromatic N) is 3. The molecule has 0 unspecified atom stereocenters. The van der Waals surface area contributed by atoms with E-state index in [1.165, 1.54) is 161 Å². The molecule has 0 radical (unpaired) electrons. The number of benzene rings is 9. The number of fused-ring (bicyclic) bond motifs is 12. The largest absolute Gasteiger partial charge is 0.464 e. The number of hydrogen-bond donors (Lipinski definition) is 0. The maximum absolute atomic E-state index is 5.38. The van der Waals surface area contributed by atoms with E-state index >= 15 is 0 Å². The zero-order chi connectivity index (χ0) is 58.1. The summed E-state index contributed by atoms with van der Waals surface area (Å²) in [5.74, 6) is 0.581. The summed E-state index contributed by atoms with van der Waals surface area (Å²) < 4.78 is 12.6. The first-order valence-electron chi connectivity index (χ1n) is 30.9. The van der Waals surface area contributed by atoms with Crippen LogP contribution in [0.4, 0.5) is 0 Å². The monoisotopic (exact) mass is 1090 g/mol. The van der Waals surface area contributed by atoms with Gasteiger partial charge in [-0.15, -0.1) is 0 Å². The van der Waals surface area contributed by atoms with Crippen LogP contribution in [0.15, 0.2) is 193 Å². The summed E-state index contributed by atoms with van der Waals surface area (Å²) in [6.07, 6.45) is 12.5. The molecule has 0 aliphatic heterocycles. The average molecular weight is 1090 g/mol. The SMILES string of the molecule is CCn1c2ccccc2c2cc(C)ccc21.CCn1c2ccccc2c2ccc(C)cc21.CCn1c2ccccc2c2cccc(C)c21.Cc1cc(C(C)C)cc2ccoc12.Cc1ccc2c(c1)CCCC2.Cc1cccc2c1CCCC2. The molecule has 83 heavy (non-hydrogen) atoms. The molecule has 0 N–H and O–H groups in total. The van der Waals surface area contributed by atoms with E-state index in [2.05, 4.69) is 266 Å². The Hall–Kier alpha value is -8.08. The molecule has 4 heteroatoms. The van der Waals surface area contributed by atoms with Crippen molar-refractivity contribution in [1.82, 2.24) is 13.7 Å². The lowest BCUT2D eigenvalue weighted by molar-refractivity contribution is 0.613. The Balaban J connectivity index is 0.000000112. The van der Waals surface area contributed by atoms with Crippen LogP contribution in [-0.4, -0.2) is 13.7 Å². The van der Waals surface area contributed by atoms with E-state index in [9.17, 15) is 0 Å². The second kappa shape index (κ2) is 26.4. The summed E-state index contributed by atoms with van der Waals surface area (Å²) in [7, 11) is 0. The second-order valence-electron chi connectivity index (χ2n) is 23.5. The van der Waals surface area contributed by atoms with E-state index in [0.717, 1.165) is 25.2 Å². The van der Waals surface area contributed by atoms with Gasteiger partial charge in [-0.05, 0) is 218 Å². The first kappa shape index (κ1) is 58.1. The van der Waals surface area contributed by atoms with Crippen molar-refractivity contribution in [3.63, 3.8) is 0 Å². The highest BCUT2D eigenvalue weighted by Crippen LogP contribution is 2.33. The fourth-order valence-electron chi connectivity index (χ4n) is 13.1. The summed E-state index contributed by atoms with van der Waals surface area (Å²) >= 11 is 0. The van der Waals surface area contributed by atoms with E-state index in [-0.39, 0.29) is 0 Å². The highest BCUT2D eigenvalue weighted by atomic mass is 16.3. The minimum Gasteiger partial charge on any atom is -0.464 e. The molecule has 2 aliphatic carbocycles. The van der Waals surface area contributed by atoms with Crippen LogP contribution >= 0.6 is 0 Å². The lowest BCUT2D eigenvalue weighted by Gasteiger charge is -2.17. The zero-order valence-electron chi connectivity index (χ0n) is 51.5. The molecule has 4 nitrogen and oxygen atoms in total. The van der Waals surface area contributed by atoms with Gasteiger partial charge in [-0.1, -0.05) is 158 Å². The molecular formula is C79H87N3O. The van der Waals surface area contributed by atoms with Crippen molar-refractivity contribution in [2.24, 2.45) is 0 Å². The summed E-state index contributed by atoms with van der Waals surface area (Å²) in [6, 6.07) is 65.9. The third kappa shape index (κ3) is 12.6. The van der Waals surface area contributed by atoms with E-state index in [1.54, 1.807) is 28.5 Å². The van der Waals surface area contributed by atoms with Crippen molar-refractivity contribution >= 4 is 76.4 Å². The molecule has 0 saturated heterocycles. The summed E-state index contributed by atoms with van der Waals surface area (Å²) in [6.45, 7) is 27.1. The molecule has 424 valence electrons. The minimum atomic E-state index is 0.581. The maximum Gasteiger partial charge on any atom is 0.136 e. The quantitative estimate of drug-likeness (QED) is 0.173. The Morgan fingerprint density at radius 3 is 1.55 bits per heavy atom. The van der Waals surface area contributed by atoms with Gasteiger partial charge in [0.25, 0.3) is 0 Å². The lowest BCUT2D eigenvalue weighted by Crippen LogP contribution is -2.03. The van der Waals surface area contributed by atoms with Gasteiger partial charge < -0.3 is 18.1 Å².